The maximum atomic E-state index is 12.8. The van der Waals surface area contributed by atoms with Gasteiger partial charge in [0.15, 0.2) is 12.3 Å². The van der Waals surface area contributed by atoms with Gasteiger partial charge < -0.3 is 15.4 Å². The molecule has 0 aliphatic rings. The average molecular weight is 465 g/mol. The van der Waals surface area contributed by atoms with Crippen LogP contribution in [0.2, 0.25) is 0 Å². The number of esters is 1. The molecule has 0 aliphatic heterocycles. The molecule has 2 N–H and O–H groups in total. The van der Waals surface area contributed by atoms with Crippen LogP contribution in [0.5, 0.6) is 0 Å². The van der Waals surface area contributed by atoms with Crippen LogP contribution in [0.3, 0.4) is 0 Å². The molecule has 0 atom stereocenters. The number of anilines is 1. The van der Waals surface area contributed by atoms with Crippen molar-refractivity contribution in [3.8, 4) is 0 Å². The summed E-state index contributed by atoms with van der Waals surface area (Å²) in [6, 6.07) is 13.2. The normalized spacial score (nSPS) is 10.8. The zero-order valence-corrected chi connectivity index (χ0v) is 19.5. The first kappa shape index (κ1) is 24.6. The Morgan fingerprint density at radius 3 is 2.41 bits per heavy atom. The second-order valence-corrected chi connectivity index (χ2v) is 8.20. The van der Waals surface area contributed by atoms with E-state index in [1.165, 1.54) is 4.68 Å². The molecule has 0 radical (unpaired) electrons. The molecule has 178 valence electrons. The highest BCUT2D eigenvalue weighted by Gasteiger charge is 2.20. The van der Waals surface area contributed by atoms with Gasteiger partial charge in [-0.1, -0.05) is 51.1 Å². The van der Waals surface area contributed by atoms with Crippen molar-refractivity contribution in [3.63, 3.8) is 0 Å². The van der Waals surface area contributed by atoms with Gasteiger partial charge in [0.1, 0.15) is 0 Å². The zero-order valence-electron chi connectivity index (χ0n) is 19.5. The van der Waals surface area contributed by atoms with E-state index in [0.717, 1.165) is 0 Å². The minimum atomic E-state index is -0.820. The van der Waals surface area contributed by atoms with Gasteiger partial charge in [-0.15, -0.1) is 0 Å². The van der Waals surface area contributed by atoms with E-state index in [9.17, 15) is 19.2 Å². The molecule has 9 heteroatoms. The molecule has 9 nitrogen and oxygen atoms in total. The Labute approximate surface area is 197 Å². The molecule has 2 amide bonds. The molecule has 0 aliphatic carbocycles. The molecular weight excluding hydrogens is 436 g/mol. The van der Waals surface area contributed by atoms with Crippen LogP contribution in [0.25, 0.3) is 10.8 Å². The zero-order chi connectivity index (χ0) is 24.7. The summed E-state index contributed by atoms with van der Waals surface area (Å²) in [5, 5.41) is 10.3. The van der Waals surface area contributed by atoms with Crippen LogP contribution in [0.4, 0.5) is 5.69 Å². The van der Waals surface area contributed by atoms with E-state index >= 15 is 0 Å². The minimum absolute atomic E-state index is 0.0371. The van der Waals surface area contributed by atoms with Gasteiger partial charge in [0, 0.05) is 18.5 Å². The lowest BCUT2D eigenvalue weighted by Crippen LogP contribution is -2.29. The molecular formula is C25H28N4O5. The Kier molecular flexibility index (Phi) is 8.13. The molecule has 1 heterocycles. The molecule has 0 fully saturated rings. The van der Waals surface area contributed by atoms with Gasteiger partial charge in [0.25, 0.3) is 17.4 Å². The van der Waals surface area contributed by atoms with Crippen molar-refractivity contribution in [1.82, 2.24) is 15.1 Å². The number of carbonyl (C=O) groups is 3. The van der Waals surface area contributed by atoms with Crippen molar-refractivity contribution in [2.75, 3.05) is 18.5 Å². The summed E-state index contributed by atoms with van der Waals surface area (Å²) in [7, 11) is 0. The number of rotatable bonds is 9. The van der Waals surface area contributed by atoms with Gasteiger partial charge in [-0.05, 0) is 30.5 Å². The van der Waals surface area contributed by atoms with E-state index < -0.39 is 18.5 Å². The first-order chi connectivity index (χ1) is 16.3. The summed E-state index contributed by atoms with van der Waals surface area (Å²) in [6.45, 7) is 6.12. The molecule has 0 spiro atoms. The summed E-state index contributed by atoms with van der Waals surface area (Å²) in [5.74, 6) is -1.46. The van der Waals surface area contributed by atoms with E-state index in [4.69, 9.17) is 4.74 Å². The number of para-hydroxylation sites is 1. The van der Waals surface area contributed by atoms with Crippen molar-refractivity contribution >= 4 is 34.2 Å². The fourth-order valence-corrected chi connectivity index (χ4v) is 3.32. The lowest BCUT2D eigenvalue weighted by atomic mass is 10.1. The lowest BCUT2D eigenvalue weighted by molar-refractivity contribution is -0.119. The van der Waals surface area contributed by atoms with Crippen LogP contribution in [-0.4, -0.2) is 40.7 Å². The summed E-state index contributed by atoms with van der Waals surface area (Å²) < 4.78 is 6.42. The van der Waals surface area contributed by atoms with Gasteiger partial charge in [-0.3, -0.25) is 14.4 Å². The molecule has 2 aromatic carbocycles. The topological polar surface area (TPSA) is 119 Å². The molecule has 0 bridgehead atoms. The number of ether oxygens (including phenoxy) is 1. The highest BCUT2D eigenvalue weighted by molar-refractivity contribution is 6.05. The molecule has 3 aromatic rings. The molecule has 3 rings (SSSR count). The predicted molar refractivity (Wildman–Crippen MR) is 129 cm³/mol. The molecule has 0 saturated carbocycles. The second-order valence-electron chi connectivity index (χ2n) is 8.20. The standard InChI is InChI=1S/C25H28N4O5/c1-4-13-29-24(32)18-10-6-5-9-17(18)22(28-29)25(33)34-15-21(30)27-20-12-8-7-11-19(20)23(31)26-14-16(2)3/h5-12,16H,4,13-15H2,1-3H3,(H,26,31)(H,27,30). The monoisotopic (exact) mass is 464 g/mol. The van der Waals surface area contributed by atoms with Crippen LogP contribution >= 0.6 is 0 Å². The van der Waals surface area contributed by atoms with Crippen LogP contribution in [0.15, 0.2) is 53.3 Å². The third-order valence-electron chi connectivity index (χ3n) is 4.95. The van der Waals surface area contributed by atoms with Crippen LogP contribution in [0.1, 0.15) is 48.0 Å². The number of hydrogen-bond acceptors (Lipinski definition) is 6. The molecule has 1 aromatic heterocycles. The fraction of sp³-hybridized carbons (Fsp3) is 0.320. The van der Waals surface area contributed by atoms with Gasteiger partial charge in [0.05, 0.1) is 16.6 Å². The number of aromatic nitrogens is 2. The summed E-state index contributed by atoms with van der Waals surface area (Å²) in [5.41, 5.74) is 0.288. The average Bonchev–Trinajstić information content (AvgIpc) is 2.83. The number of nitrogens with zero attached hydrogens (tertiary/aromatic N) is 2. The van der Waals surface area contributed by atoms with Crippen molar-refractivity contribution in [2.24, 2.45) is 5.92 Å². The number of aryl methyl sites for hydroxylation is 1. The number of nitrogens with one attached hydrogen (secondary N) is 2. The van der Waals surface area contributed by atoms with Gasteiger partial charge in [-0.25, -0.2) is 9.48 Å². The third-order valence-corrected chi connectivity index (χ3v) is 4.95. The Hall–Kier alpha value is -4.01. The quantitative estimate of drug-likeness (QED) is 0.470. The van der Waals surface area contributed by atoms with Crippen LogP contribution in [-0.2, 0) is 16.1 Å². The van der Waals surface area contributed by atoms with Gasteiger partial charge >= 0.3 is 5.97 Å². The molecule has 34 heavy (non-hydrogen) atoms. The molecule has 0 unspecified atom stereocenters. The number of amides is 2. The van der Waals surface area contributed by atoms with Crippen molar-refractivity contribution < 1.29 is 19.1 Å². The Balaban J connectivity index is 1.73. The van der Waals surface area contributed by atoms with Crippen molar-refractivity contribution in [1.29, 1.82) is 0 Å². The summed E-state index contributed by atoms with van der Waals surface area (Å²) in [6.07, 6.45) is 0.659. The minimum Gasteiger partial charge on any atom is -0.451 e. The highest BCUT2D eigenvalue weighted by Crippen LogP contribution is 2.16. The fourth-order valence-electron chi connectivity index (χ4n) is 3.32. The highest BCUT2D eigenvalue weighted by atomic mass is 16.5. The SMILES string of the molecule is CCCn1nc(C(=O)OCC(=O)Nc2ccccc2C(=O)NCC(C)C)c2ccccc2c1=O. The first-order valence-electron chi connectivity index (χ1n) is 11.2. The van der Waals surface area contributed by atoms with E-state index in [-0.39, 0.29) is 23.1 Å². The second kappa shape index (κ2) is 11.2. The van der Waals surface area contributed by atoms with Crippen LogP contribution in [0, 0.1) is 5.92 Å². The van der Waals surface area contributed by atoms with Gasteiger partial charge in [0.2, 0.25) is 0 Å². The number of benzene rings is 2. The smallest absolute Gasteiger partial charge is 0.359 e. The Bertz CT molecular complexity index is 1270. The maximum absolute atomic E-state index is 12.8. The van der Waals surface area contributed by atoms with E-state index in [2.05, 4.69) is 15.7 Å². The number of hydrogen-bond donors (Lipinski definition) is 2. The Morgan fingerprint density at radius 2 is 1.71 bits per heavy atom. The first-order valence-corrected chi connectivity index (χ1v) is 11.2. The van der Waals surface area contributed by atoms with Crippen LogP contribution < -0.4 is 16.2 Å². The van der Waals surface area contributed by atoms with Crippen molar-refractivity contribution in [2.45, 2.75) is 33.7 Å². The third kappa shape index (κ3) is 5.86. The van der Waals surface area contributed by atoms with E-state index in [1.54, 1.807) is 48.5 Å². The predicted octanol–water partition coefficient (Wildman–Crippen LogP) is 2.99. The van der Waals surface area contributed by atoms with E-state index in [1.807, 2.05) is 20.8 Å². The molecule has 0 saturated heterocycles. The number of fused-ring (bicyclic) bond motifs is 1. The summed E-state index contributed by atoms with van der Waals surface area (Å²) >= 11 is 0. The number of carbonyl (C=O) groups excluding carboxylic acids is 3. The lowest BCUT2D eigenvalue weighted by Gasteiger charge is -2.13. The summed E-state index contributed by atoms with van der Waals surface area (Å²) in [4.78, 5) is 50.3. The van der Waals surface area contributed by atoms with Crippen molar-refractivity contribution in [3.05, 3.63) is 70.1 Å². The van der Waals surface area contributed by atoms with Gasteiger partial charge in [-0.2, -0.15) is 5.10 Å². The Morgan fingerprint density at radius 1 is 1.03 bits per heavy atom. The van der Waals surface area contributed by atoms with E-state index in [0.29, 0.717) is 41.5 Å². The maximum Gasteiger partial charge on any atom is 0.359 e. The largest absolute Gasteiger partial charge is 0.451 e.